The zero-order chi connectivity index (χ0) is 14.8. The second-order valence-electron chi connectivity index (χ2n) is 7.32. The predicted molar refractivity (Wildman–Crippen MR) is 86.0 cm³/mol. The molecule has 0 unspecified atom stereocenters. The van der Waals surface area contributed by atoms with Crippen molar-refractivity contribution in [3.63, 3.8) is 0 Å². The van der Waals surface area contributed by atoms with E-state index >= 15 is 0 Å². The monoisotopic (exact) mass is 275 g/mol. The molecule has 1 aliphatic rings. The van der Waals surface area contributed by atoms with Gasteiger partial charge in [0.25, 0.3) is 0 Å². The summed E-state index contributed by atoms with van der Waals surface area (Å²) in [7, 11) is 0. The summed E-state index contributed by atoms with van der Waals surface area (Å²) in [4.78, 5) is 7.03. The summed E-state index contributed by atoms with van der Waals surface area (Å²) < 4.78 is 0. The zero-order valence-corrected chi connectivity index (χ0v) is 13.6. The van der Waals surface area contributed by atoms with E-state index in [-0.39, 0.29) is 5.54 Å². The first-order valence-corrected chi connectivity index (χ1v) is 7.82. The Hall–Kier alpha value is -1.09. The number of hydrogen-bond acceptors (Lipinski definition) is 3. The quantitative estimate of drug-likeness (QED) is 0.860. The number of pyridine rings is 1. The molecule has 1 saturated carbocycles. The van der Waals surface area contributed by atoms with Gasteiger partial charge in [-0.2, -0.15) is 0 Å². The number of anilines is 1. The van der Waals surface area contributed by atoms with E-state index in [0.29, 0.717) is 6.04 Å². The maximum absolute atomic E-state index is 4.58. The van der Waals surface area contributed by atoms with Crippen LogP contribution in [0.1, 0.15) is 53.0 Å². The summed E-state index contributed by atoms with van der Waals surface area (Å²) in [6.45, 7) is 13.2. The van der Waals surface area contributed by atoms with Crippen LogP contribution in [-0.2, 0) is 6.54 Å². The van der Waals surface area contributed by atoms with Crippen molar-refractivity contribution in [3.8, 4) is 0 Å². The van der Waals surface area contributed by atoms with Gasteiger partial charge < -0.3 is 10.2 Å². The second kappa shape index (κ2) is 6.13. The topological polar surface area (TPSA) is 28.2 Å². The molecule has 2 rings (SSSR count). The molecular formula is C17H29N3. The van der Waals surface area contributed by atoms with Crippen LogP contribution >= 0.6 is 0 Å². The molecule has 1 aliphatic carbocycles. The lowest BCUT2D eigenvalue weighted by molar-refractivity contribution is 0.424. The van der Waals surface area contributed by atoms with Crippen LogP contribution in [0.25, 0.3) is 0 Å². The number of hydrogen-bond donors (Lipinski definition) is 1. The Morgan fingerprint density at radius 1 is 1.35 bits per heavy atom. The highest BCUT2D eigenvalue weighted by Gasteiger charge is 2.26. The third-order valence-corrected chi connectivity index (χ3v) is 3.70. The van der Waals surface area contributed by atoms with Crippen molar-refractivity contribution in [2.24, 2.45) is 5.92 Å². The molecule has 3 heteroatoms. The molecule has 0 spiro atoms. The first-order chi connectivity index (χ1) is 9.35. The van der Waals surface area contributed by atoms with E-state index in [1.165, 1.54) is 18.4 Å². The van der Waals surface area contributed by atoms with Crippen LogP contribution in [0.4, 0.5) is 5.82 Å². The van der Waals surface area contributed by atoms with E-state index in [9.17, 15) is 0 Å². The number of rotatable bonds is 6. The molecule has 1 N–H and O–H groups in total. The third-order valence-electron chi connectivity index (χ3n) is 3.70. The Morgan fingerprint density at radius 3 is 2.60 bits per heavy atom. The minimum absolute atomic E-state index is 0.148. The predicted octanol–water partition coefficient (Wildman–Crippen LogP) is 3.59. The third kappa shape index (κ3) is 4.78. The van der Waals surface area contributed by atoms with Gasteiger partial charge in [0.1, 0.15) is 5.82 Å². The maximum Gasteiger partial charge on any atom is 0.129 e. The van der Waals surface area contributed by atoms with Gasteiger partial charge >= 0.3 is 0 Å². The van der Waals surface area contributed by atoms with E-state index in [4.69, 9.17) is 0 Å². The Morgan fingerprint density at radius 2 is 2.05 bits per heavy atom. The molecule has 0 radical (unpaired) electrons. The normalized spacial score (nSPS) is 15.7. The summed E-state index contributed by atoms with van der Waals surface area (Å²) in [5, 5.41) is 3.54. The van der Waals surface area contributed by atoms with Crippen LogP contribution < -0.4 is 10.2 Å². The summed E-state index contributed by atoms with van der Waals surface area (Å²) >= 11 is 0. The second-order valence-corrected chi connectivity index (χ2v) is 7.32. The van der Waals surface area contributed by atoms with Crippen molar-refractivity contribution < 1.29 is 0 Å². The van der Waals surface area contributed by atoms with Gasteiger partial charge in [-0.05, 0) is 71.1 Å². The van der Waals surface area contributed by atoms with Crippen molar-refractivity contribution >= 4 is 5.82 Å². The van der Waals surface area contributed by atoms with Gasteiger partial charge in [0.15, 0.2) is 0 Å². The minimum Gasteiger partial charge on any atom is -0.354 e. The number of nitrogens with zero attached hydrogens (tertiary/aromatic N) is 2. The first kappa shape index (κ1) is 15.3. The zero-order valence-electron chi connectivity index (χ0n) is 13.6. The molecule has 20 heavy (non-hydrogen) atoms. The van der Waals surface area contributed by atoms with E-state index in [1.54, 1.807) is 0 Å². The summed E-state index contributed by atoms with van der Waals surface area (Å²) in [5.74, 6) is 2.01. The highest BCUT2D eigenvalue weighted by molar-refractivity contribution is 5.42. The number of aromatic nitrogens is 1. The van der Waals surface area contributed by atoms with Gasteiger partial charge in [-0.1, -0.05) is 0 Å². The van der Waals surface area contributed by atoms with Crippen molar-refractivity contribution in [2.75, 3.05) is 11.4 Å². The van der Waals surface area contributed by atoms with Crippen molar-refractivity contribution in [2.45, 2.75) is 65.6 Å². The van der Waals surface area contributed by atoms with E-state index < -0.39 is 0 Å². The van der Waals surface area contributed by atoms with Gasteiger partial charge in [-0.25, -0.2) is 4.98 Å². The molecular weight excluding hydrogens is 246 g/mol. The molecule has 0 bridgehead atoms. The standard InChI is InChI=1S/C17H29N3/c1-13(2)20(12-14-6-7-14)16-10-15(8-9-18-16)11-19-17(3,4)5/h8-10,13-14,19H,6-7,11-12H2,1-5H3. The van der Waals surface area contributed by atoms with Crippen LogP contribution in [0.15, 0.2) is 18.3 Å². The van der Waals surface area contributed by atoms with Crippen LogP contribution in [0.5, 0.6) is 0 Å². The lowest BCUT2D eigenvalue weighted by atomic mass is 10.1. The van der Waals surface area contributed by atoms with Gasteiger partial charge in [0.05, 0.1) is 0 Å². The maximum atomic E-state index is 4.58. The fourth-order valence-electron chi connectivity index (χ4n) is 2.24. The summed E-state index contributed by atoms with van der Waals surface area (Å²) in [5.41, 5.74) is 1.46. The van der Waals surface area contributed by atoms with Crippen molar-refractivity contribution in [3.05, 3.63) is 23.9 Å². The Bertz CT molecular complexity index is 430. The Labute approximate surface area is 123 Å². The van der Waals surface area contributed by atoms with E-state index in [1.807, 2.05) is 6.20 Å². The molecule has 0 saturated heterocycles. The molecule has 0 aliphatic heterocycles. The Balaban J connectivity index is 2.06. The highest BCUT2D eigenvalue weighted by atomic mass is 15.2. The molecule has 1 aromatic heterocycles. The molecule has 1 aromatic rings. The van der Waals surface area contributed by atoms with Gasteiger partial charge in [0, 0.05) is 30.9 Å². The molecule has 1 fully saturated rings. The molecule has 0 amide bonds. The molecule has 3 nitrogen and oxygen atoms in total. The average molecular weight is 275 g/mol. The largest absolute Gasteiger partial charge is 0.354 e. The summed E-state index contributed by atoms with van der Waals surface area (Å²) in [6.07, 6.45) is 4.71. The van der Waals surface area contributed by atoms with E-state index in [0.717, 1.165) is 24.8 Å². The van der Waals surface area contributed by atoms with Crippen LogP contribution in [-0.4, -0.2) is 23.1 Å². The fourth-order valence-corrected chi connectivity index (χ4v) is 2.24. The van der Waals surface area contributed by atoms with Gasteiger partial charge in [0.2, 0.25) is 0 Å². The molecule has 0 atom stereocenters. The SMILES string of the molecule is CC(C)N(CC1CC1)c1cc(CNC(C)(C)C)ccn1. The van der Waals surface area contributed by atoms with Crippen LogP contribution in [0.3, 0.4) is 0 Å². The van der Waals surface area contributed by atoms with Gasteiger partial charge in [-0.3, -0.25) is 0 Å². The van der Waals surface area contributed by atoms with Gasteiger partial charge in [-0.15, -0.1) is 0 Å². The number of nitrogens with one attached hydrogen (secondary N) is 1. The summed E-state index contributed by atoms with van der Waals surface area (Å²) in [6, 6.07) is 4.85. The van der Waals surface area contributed by atoms with E-state index in [2.05, 4.69) is 62.0 Å². The highest BCUT2D eigenvalue weighted by Crippen LogP contribution is 2.31. The average Bonchev–Trinajstić information content (AvgIpc) is 3.16. The first-order valence-electron chi connectivity index (χ1n) is 7.82. The van der Waals surface area contributed by atoms with Crippen LogP contribution in [0, 0.1) is 5.92 Å². The molecule has 112 valence electrons. The lowest BCUT2D eigenvalue weighted by Crippen LogP contribution is -2.35. The minimum atomic E-state index is 0.148. The molecule has 0 aromatic carbocycles. The van der Waals surface area contributed by atoms with Crippen molar-refractivity contribution in [1.29, 1.82) is 0 Å². The Kier molecular flexibility index (Phi) is 4.69. The fraction of sp³-hybridized carbons (Fsp3) is 0.706. The lowest BCUT2D eigenvalue weighted by Gasteiger charge is -2.28. The molecule has 1 heterocycles. The van der Waals surface area contributed by atoms with Crippen LogP contribution in [0.2, 0.25) is 0 Å². The van der Waals surface area contributed by atoms with Crippen molar-refractivity contribution in [1.82, 2.24) is 10.3 Å². The smallest absolute Gasteiger partial charge is 0.129 e.